The second-order valence-corrected chi connectivity index (χ2v) is 11.4. The van der Waals surface area contributed by atoms with E-state index in [1.807, 2.05) is 0 Å². The molecule has 27 heavy (non-hydrogen) atoms. The molecule has 0 amide bonds. The topological polar surface area (TPSA) is 0 Å². The number of rotatable bonds is 3. The Kier molecular flexibility index (Phi) is 5.13. The third-order valence-corrected chi connectivity index (χ3v) is 8.29. The minimum atomic E-state index is 0.152. The fraction of sp³-hybridized carbons (Fsp3) is 0.462. The fourth-order valence-corrected chi connectivity index (χ4v) is 6.20. The molecule has 0 aliphatic heterocycles. The monoisotopic (exact) mass is 433 g/mol. The van der Waals surface area contributed by atoms with Gasteiger partial charge in [0.2, 0.25) is 0 Å². The zero-order chi connectivity index (χ0) is 19.2. The summed E-state index contributed by atoms with van der Waals surface area (Å²) in [4.78, 5) is 0. The average Bonchev–Trinajstić information content (AvgIpc) is 3.19. The number of fused-ring (bicyclic) bond motifs is 1. The van der Waals surface area contributed by atoms with Crippen LogP contribution < -0.4 is 0 Å². The van der Waals surface area contributed by atoms with E-state index >= 15 is 0 Å². The van der Waals surface area contributed by atoms with Gasteiger partial charge in [-0.15, -0.1) is 0 Å². The molecule has 1 unspecified atom stereocenters. The van der Waals surface area contributed by atoms with E-state index in [2.05, 4.69) is 76.2 Å². The quantitative estimate of drug-likeness (QED) is 0.466. The molecule has 139 valence electrons. The Balaban J connectivity index is 1.78. The molecule has 0 heterocycles. The third-order valence-electron chi connectivity index (χ3n) is 6.62. The van der Waals surface area contributed by atoms with Gasteiger partial charge < -0.3 is 0 Å². The van der Waals surface area contributed by atoms with Crippen molar-refractivity contribution >= 4 is 6.08 Å². The van der Waals surface area contributed by atoms with Crippen LogP contribution >= 0.6 is 0 Å². The minimum absolute atomic E-state index is 0.152. The number of allylic oxidation sites excluding steroid dienone is 1. The first kappa shape index (κ1) is 19.4. The number of hydrogen-bond acceptors (Lipinski definition) is 0. The van der Waals surface area contributed by atoms with Crippen LogP contribution in [-0.4, -0.2) is 0 Å². The molecule has 0 nitrogen and oxygen atoms in total. The van der Waals surface area contributed by atoms with Crippen LogP contribution in [0.2, 0.25) is 0 Å². The van der Waals surface area contributed by atoms with Crippen molar-refractivity contribution in [3.05, 3.63) is 64.7 Å². The van der Waals surface area contributed by atoms with Gasteiger partial charge >= 0.3 is 181 Å². The second kappa shape index (κ2) is 7.15. The molecule has 0 bridgehead atoms. The van der Waals surface area contributed by atoms with Crippen LogP contribution in [0.5, 0.6) is 0 Å². The molecule has 0 saturated heterocycles. The van der Waals surface area contributed by atoms with Gasteiger partial charge in [0.1, 0.15) is 0 Å². The predicted octanol–water partition coefficient (Wildman–Crippen LogP) is 7.61. The van der Waals surface area contributed by atoms with Crippen molar-refractivity contribution in [1.29, 1.82) is 0 Å². The summed E-state index contributed by atoms with van der Waals surface area (Å²) >= 11 is 1.63. The first-order valence-corrected chi connectivity index (χ1v) is 11.8. The van der Waals surface area contributed by atoms with Gasteiger partial charge in [-0.1, -0.05) is 0 Å². The molecule has 2 aliphatic rings. The van der Waals surface area contributed by atoms with Gasteiger partial charge in [-0.05, 0) is 0 Å². The summed E-state index contributed by atoms with van der Waals surface area (Å²) in [6.45, 7) is 9.49. The average molecular weight is 435 g/mol. The van der Waals surface area contributed by atoms with E-state index in [-0.39, 0.29) is 5.41 Å². The second-order valence-electron chi connectivity index (χ2n) is 9.95. The molecule has 2 aromatic rings. The zero-order valence-electron chi connectivity index (χ0n) is 17.2. The van der Waals surface area contributed by atoms with Gasteiger partial charge in [-0.3, -0.25) is 0 Å². The van der Waals surface area contributed by atoms with Gasteiger partial charge in [-0.25, -0.2) is 0 Å². The first-order chi connectivity index (χ1) is 12.8. The summed E-state index contributed by atoms with van der Waals surface area (Å²) < 4.78 is 0.645. The maximum atomic E-state index is 2.56. The van der Waals surface area contributed by atoms with Crippen molar-refractivity contribution in [2.75, 3.05) is 0 Å². The van der Waals surface area contributed by atoms with Crippen LogP contribution in [0.3, 0.4) is 0 Å². The van der Waals surface area contributed by atoms with Gasteiger partial charge in [0.25, 0.3) is 0 Å². The van der Waals surface area contributed by atoms with Crippen molar-refractivity contribution in [3.63, 3.8) is 0 Å². The molecule has 2 aromatic carbocycles. The summed E-state index contributed by atoms with van der Waals surface area (Å²) in [5.74, 6) is 0. The summed E-state index contributed by atoms with van der Waals surface area (Å²) in [7, 11) is 0. The Bertz CT molecular complexity index is 875. The van der Waals surface area contributed by atoms with Crippen molar-refractivity contribution in [1.82, 2.24) is 0 Å². The van der Waals surface area contributed by atoms with Gasteiger partial charge in [0.15, 0.2) is 0 Å². The van der Waals surface area contributed by atoms with Crippen molar-refractivity contribution in [2.45, 2.75) is 68.8 Å². The maximum absolute atomic E-state index is 2.56. The van der Waals surface area contributed by atoms with Gasteiger partial charge in [0.05, 0.1) is 0 Å². The Labute approximate surface area is 180 Å². The van der Waals surface area contributed by atoms with Crippen molar-refractivity contribution in [3.8, 4) is 11.1 Å². The van der Waals surface area contributed by atoms with Crippen LogP contribution in [0.4, 0.5) is 0 Å². The van der Waals surface area contributed by atoms with Crippen LogP contribution in [0.15, 0.2) is 48.0 Å². The molecule has 2 aliphatic carbocycles. The Morgan fingerprint density at radius 3 is 2.33 bits per heavy atom. The van der Waals surface area contributed by atoms with Crippen LogP contribution in [-0.2, 0) is 30.1 Å². The Morgan fingerprint density at radius 1 is 0.963 bits per heavy atom. The van der Waals surface area contributed by atoms with Crippen LogP contribution in [0, 0.1) is 5.41 Å². The van der Waals surface area contributed by atoms with Crippen LogP contribution in [0.1, 0.15) is 80.1 Å². The molecule has 1 saturated carbocycles. The molecule has 4 rings (SSSR count). The van der Waals surface area contributed by atoms with E-state index in [0.29, 0.717) is 9.04 Å². The predicted molar refractivity (Wildman–Crippen MR) is 112 cm³/mol. The Morgan fingerprint density at radius 2 is 1.63 bits per heavy atom. The SMILES string of the molecule is CC1(CC2=Cc3c(-c4ccccc4C(C)(C)C)cccc3[CH]2[Zr])CCCC1. The van der Waals surface area contributed by atoms with E-state index in [4.69, 9.17) is 0 Å². The summed E-state index contributed by atoms with van der Waals surface area (Å²) in [6.07, 6.45) is 9.50. The molecule has 0 aromatic heterocycles. The molecule has 0 radical (unpaired) electrons. The van der Waals surface area contributed by atoms with Crippen LogP contribution in [0.25, 0.3) is 17.2 Å². The molecule has 1 fully saturated rings. The van der Waals surface area contributed by atoms with E-state index in [1.165, 1.54) is 54.4 Å². The zero-order valence-corrected chi connectivity index (χ0v) is 19.7. The molecular formula is C26H31Zr. The van der Waals surface area contributed by atoms with Crippen molar-refractivity contribution in [2.24, 2.45) is 5.41 Å². The Hall–Kier alpha value is -0.937. The molecule has 1 atom stereocenters. The van der Waals surface area contributed by atoms with E-state index in [0.717, 1.165) is 0 Å². The molecule has 0 N–H and O–H groups in total. The molecule has 1 heteroatoms. The van der Waals surface area contributed by atoms with E-state index in [9.17, 15) is 0 Å². The number of benzene rings is 2. The normalized spacial score (nSPS) is 21.1. The summed E-state index contributed by atoms with van der Waals surface area (Å²) in [5, 5.41) is 0. The van der Waals surface area contributed by atoms with Gasteiger partial charge in [0, 0.05) is 0 Å². The van der Waals surface area contributed by atoms with E-state index < -0.39 is 0 Å². The van der Waals surface area contributed by atoms with Crippen molar-refractivity contribution < 1.29 is 24.7 Å². The standard InChI is InChI=1S/C26H31.Zr/c1-25(2,3)24-13-6-5-11-22(24)21-12-9-10-20-16-19(17-23(20)21)18-26(4)14-7-8-15-26;/h5-6,9-13,16-17H,7-8,14-15,18H2,1-4H3;. The van der Waals surface area contributed by atoms with Gasteiger partial charge in [-0.2, -0.15) is 0 Å². The van der Waals surface area contributed by atoms with E-state index in [1.54, 1.807) is 35.9 Å². The summed E-state index contributed by atoms with van der Waals surface area (Å²) in [5.41, 5.74) is 9.72. The third kappa shape index (κ3) is 3.70. The number of hydrogen-bond donors (Lipinski definition) is 0. The molecular weight excluding hydrogens is 404 g/mol. The first-order valence-electron chi connectivity index (χ1n) is 10.4. The summed E-state index contributed by atoms with van der Waals surface area (Å²) in [6, 6.07) is 16.0. The molecule has 0 spiro atoms. The fourth-order valence-electron chi connectivity index (χ4n) is 5.12.